The number of hydrogen-bond acceptors (Lipinski definition) is 4. The number of halogens is 23. The molecule has 4 aromatic rings. The predicted octanol–water partition coefficient (Wildman–Crippen LogP) is 18.7. The molecule has 0 aromatic heterocycles. The Balaban J connectivity index is 0.00000110. The van der Waals surface area contributed by atoms with Crippen molar-refractivity contribution in [3.8, 4) is 0 Å². The Bertz CT molecular complexity index is 2640. The Morgan fingerprint density at radius 1 is 0.329 bits per heavy atom. The van der Waals surface area contributed by atoms with Crippen molar-refractivity contribution in [1.29, 1.82) is 0 Å². The Hall–Kier alpha value is -4.71. The molecule has 0 fully saturated rings. The number of alkyl halides is 3. The molecule has 0 radical (unpaired) electrons. The first-order chi connectivity index (χ1) is 39.7. The average Bonchev–Trinajstić information content (AvgIpc) is 0.726. The first-order valence-corrected chi connectivity index (χ1v) is 30.4. The molecular weight excluding hydrogens is 1240 g/mol. The van der Waals surface area contributed by atoms with Crippen molar-refractivity contribution in [3.05, 3.63) is 149 Å². The highest BCUT2D eigenvalue weighted by Crippen LogP contribution is 2.62. The molecule has 30 heteroatoms. The van der Waals surface area contributed by atoms with Crippen molar-refractivity contribution in [2.45, 2.75) is 158 Å². The van der Waals surface area contributed by atoms with Crippen LogP contribution in [0.4, 0.5) is 101 Å². The third kappa shape index (κ3) is 18.0. The maximum Gasteiger partial charge on any atom is 0.389 e. The van der Waals surface area contributed by atoms with Crippen LogP contribution in [-0.4, -0.2) is 49.3 Å². The van der Waals surface area contributed by atoms with Gasteiger partial charge in [0, 0.05) is 28.9 Å². The molecule has 85 heavy (non-hydrogen) atoms. The number of hydrogen-bond donors (Lipinski definition) is 0. The SMILES string of the molecule is C[S+](C)OC(c1c(F)c(F)c(F)c(F)c1F)(c1c(F)c(F)c(F)c(F)c1F)C(CCCCCCCCCCCCCCCCC(F)(F)F)(c1c(F)c(F)c(F)c(F)c1F)c1c(F)c(F)c(F)c(F)c1F.C[S+](C)OCCCCCCCC[N+](=O)[O-]. The predicted molar refractivity (Wildman–Crippen MR) is 271 cm³/mol. The van der Waals surface area contributed by atoms with E-state index in [0.717, 1.165) is 32.3 Å². The van der Waals surface area contributed by atoms with Gasteiger partial charge in [-0.05, 0) is 25.7 Å². The summed E-state index contributed by atoms with van der Waals surface area (Å²) in [6.45, 7) is 0.975. The monoisotopic (exact) mass is 1300 g/mol. The number of nitrogens with zero attached hydrogens (tertiary/aromatic N) is 1. The second-order valence-corrected chi connectivity index (χ2v) is 23.4. The maximum absolute atomic E-state index is 16.7. The molecule has 480 valence electrons. The van der Waals surface area contributed by atoms with Crippen LogP contribution in [0.1, 0.15) is 164 Å². The minimum Gasteiger partial charge on any atom is -0.265 e. The Kier molecular flexibility index (Phi) is 29.5. The van der Waals surface area contributed by atoms with E-state index in [0.29, 0.717) is 63.9 Å². The van der Waals surface area contributed by atoms with Crippen LogP contribution in [0.3, 0.4) is 0 Å². The van der Waals surface area contributed by atoms with E-state index >= 15 is 70.2 Å². The van der Waals surface area contributed by atoms with Crippen LogP contribution < -0.4 is 0 Å². The van der Waals surface area contributed by atoms with E-state index in [1.807, 2.05) is 0 Å². The van der Waals surface area contributed by atoms with Gasteiger partial charge in [-0.25, -0.2) is 87.8 Å². The fourth-order valence-corrected chi connectivity index (χ4v) is 11.0. The van der Waals surface area contributed by atoms with Gasteiger partial charge in [-0.3, -0.25) is 10.1 Å². The maximum atomic E-state index is 16.7. The van der Waals surface area contributed by atoms with Crippen molar-refractivity contribution in [2.75, 3.05) is 38.2 Å². The second-order valence-electron chi connectivity index (χ2n) is 20.0. The van der Waals surface area contributed by atoms with Gasteiger partial charge in [0.15, 0.2) is 93.1 Å². The summed E-state index contributed by atoms with van der Waals surface area (Å²) < 4.78 is 364. The van der Waals surface area contributed by atoms with Crippen LogP contribution in [0.2, 0.25) is 0 Å². The summed E-state index contributed by atoms with van der Waals surface area (Å²) in [6, 6.07) is 0. The fraction of sp³-hybridized carbons (Fsp3) is 0.564. The van der Waals surface area contributed by atoms with Crippen molar-refractivity contribution in [1.82, 2.24) is 0 Å². The third-order valence-corrected chi connectivity index (χ3v) is 14.8. The molecule has 0 saturated heterocycles. The van der Waals surface area contributed by atoms with Gasteiger partial charge >= 0.3 is 6.18 Å². The molecule has 0 amide bonds. The van der Waals surface area contributed by atoms with Crippen LogP contribution in [0, 0.1) is 126 Å². The lowest BCUT2D eigenvalue weighted by Crippen LogP contribution is -2.58. The lowest BCUT2D eigenvalue weighted by atomic mass is 9.55. The zero-order valence-electron chi connectivity index (χ0n) is 46.1. The van der Waals surface area contributed by atoms with E-state index in [-0.39, 0.29) is 48.3 Å². The molecule has 0 bridgehead atoms. The molecule has 0 aliphatic rings. The minimum absolute atomic E-state index is 0.0255. The summed E-state index contributed by atoms with van der Waals surface area (Å²) in [4.78, 5) is 9.79. The van der Waals surface area contributed by atoms with Crippen LogP contribution in [0.5, 0.6) is 0 Å². The second kappa shape index (κ2) is 33.6. The molecule has 4 rings (SSSR count). The highest BCUT2D eigenvalue weighted by Gasteiger charge is 2.70. The largest absolute Gasteiger partial charge is 0.389 e. The Labute approximate surface area is 480 Å². The first kappa shape index (κ1) is 74.5. The Morgan fingerprint density at radius 2 is 0.565 bits per heavy atom. The summed E-state index contributed by atoms with van der Waals surface area (Å²) in [5.74, 6) is -67.7. The standard InChI is InChI=1S/C45H38F23OS.C10H22NO3S/c1-70(2)69-45(21-27(50)35(58)41(64)36(59)28(21)51,22-29(52)37(60)42(65)38(61)30(22)53)43(19-23(46)31(54)39(62)32(55)24(19)47,20-25(48)33(56)40(63)34(57)26(20)49)17-15-13-11-9-7-5-3-4-6-8-10-12-14-16-18-44(66,67)68;1-15(2)14-10-8-6-4-3-5-7-9-11(12)13/h3-18H2,1-2H3;3-10H2,1-2H3/q2*+1. The van der Waals surface area contributed by atoms with E-state index in [9.17, 15) is 40.8 Å². The molecule has 0 aliphatic carbocycles. The zero-order chi connectivity index (χ0) is 64.5. The van der Waals surface area contributed by atoms with Crippen molar-refractivity contribution in [3.63, 3.8) is 0 Å². The van der Waals surface area contributed by atoms with E-state index in [2.05, 4.69) is 12.5 Å². The van der Waals surface area contributed by atoms with Gasteiger partial charge in [-0.2, -0.15) is 21.5 Å². The Morgan fingerprint density at radius 3 is 0.824 bits per heavy atom. The van der Waals surface area contributed by atoms with Gasteiger partial charge in [0.2, 0.25) is 35.4 Å². The van der Waals surface area contributed by atoms with E-state index in [1.54, 1.807) is 0 Å². The number of benzene rings is 4. The lowest BCUT2D eigenvalue weighted by Gasteiger charge is -2.49. The van der Waals surface area contributed by atoms with Gasteiger partial charge in [-0.15, -0.1) is 0 Å². The quantitative estimate of drug-likeness (QED) is 0.00907. The summed E-state index contributed by atoms with van der Waals surface area (Å²) in [7, 11) is 0. The van der Waals surface area contributed by atoms with E-state index < -0.39 is 193 Å². The van der Waals surface area contributed by atoms with Crippen LogP contribution >= 0.6 is 0 Å². The normalized spacial score (nSPS) is 12.3. The van der Waals surface area contributed by atoms with Gasteiger partial charge in [-0.1, -0.05) is 103 Å². The van der Waals surface area contributed by atoms with Crippen molar-refractivity contribution in [2.24, 2.45) is 0 Å². The number of unbranched alkanes of at least 4 members (excludes halogenated alkanes) is 18. The van der Waals surface area contributed by atoms with Crippen molar-refractivity contribution >= 4 is 22.4 Å². The van der Waals surface area contributed by atoms with E-state index in [4.69, 9.17) is 8.37 Å². The zero-order valence-corrected chi connectivity index (χ0v) is 47.7. The molecule has 0 atom stereocenters. The fourth-order valence-electron chi connectivity index (χ4n) is 9.76. The average molecular weight is 1300 g/mol. The summed E-state index contributed by atoms with van der Waals surface area (Å²) >= 11 is -2.73. The molecule has 0 spiro atoms. The highest BCUT2D eigenvalue weighted by atomic mass is 32.2. The molecule has 4 aromatic carbocycles. The van der Waals surface area contributed by atoms with Gasteiger partial charge < -0.3 is 0 Å². The number of nitro groups is 1. The molecule has 0 aliphatic heterocycles. The lowest BCUT2D eigenvalue weighted by molar-refractivity contribution is -0.480. The molecule has 5 nitrogen and oxygen atoms in total. The van der Waals surface area contributed by atoms with Crippen LogP contribution in [0.15, 0.2) is 0 Å². The van der Waals surface area contributed by atoms with Gasteiger partial charge in [0.1, 0.15) is 54.0 Å². The molecule has 0 N–H and O–H groups in total. The molecule has 0 heterocycles. The van der Waals surface area contributed by atoms with Crippen LogP contribution in [0.25, 0.3) is 0 Å². The third-order valence-electron chi connectivity index (χ3n) is 13.6. The summed E-state index contributed by atoms with van der Waals surface area (Å²) in [6.07, 6.45) is 6.66. The molecule has 0 unspecified atom stereocenters. The van der Waals surface area contributed by atoms with Crippen molar-refractivity contribution < 1.29 is 114 Å². The summed E-state index contributed by atoms with van der Waals surface area (Å²) in [5, 5.41) is 10.0. The topological polar surface area (TPSA) is 61.6 Å². The minimum atomic E-state index is -5.60. The smallest absolute Gasteiger partial charge is 0.265 e. The molecule has 0 saturated carbocycles. The first-order valence-electron chi connectivity index (χ1n) is 26.4. The van der Waals surface area contributed by atoms with Gasteiger partial charge in [0.05, 0.1) is 16.5 Å². The summed E-state index contributed by atoms with van der Waals surface area (Å²) in [5.41, 5.74) is -23.7. The molecular formula is C55H60F23NO4S2+2. The van der Waals surface area contributed by atoms with E-state index in [1.165, 1.54) is 12.8 Å². The number of rotatable bonds is 33. The van der Waals surface area contributed by atoms with Crippen LogP contribution in [-0.2, 0) is 41.7 Å². The van der Waals surface area contributed by atoms with Gasteiger partial charge in [0.25, 0.3) is 0 Å². The highest BCUT2D eigenvalue weighted by molar-refractivity contribution is 7.91.